The van der Waals surface area contributed by atoms with E-state index in [-0.39, 0.29) is 5.92 Å². The summed E-state index contributed by atoms with van der Waals surface area (Å²) in [5.41, 5.74) is 6.85. The standard InChI is InChI=1S/C28H26F2N4/c1-34(2)14-13-18-7-10-21(11-8-18)32-28-31-17-20-15-24(19-9-12-25(29)26(30)16-19)22-5-3-4-6-23(22)27(20)33-28/h3-12,16-17,24H,13-15H2,1-2H3,(H,31,32,33)/t24-/m0/s1. The first-order valence-corrected chi connectivity index (χ1v) is 11.4. The van der Waals surface area contributed by atoms with Gasteiger partial charge in [0.25, 0.3) is 0 Å². The van der Waals surface area contributed by atoms with Crippen molar-refractivity contribution in [1.82, 2.24) is 14.9 Å². The van der Waals surface area contributed by atoms with Gasteiger partial charge < -0.3 is 10.2 Å². The highest BCUT2D eigenvalue weighted by Gasteiger charge is 2.28. The maximum absolute atomic E-state index is 14.0. The lowest BCUT2D eigenvalue weighted by atomic mass is 9.78. The largest absolute Gasteiger partial charge is 0.324 e. The number of benzene rings is 3. The summed E-state index contributed by atoms with van der Waals surface area (Å²) < 4.78 is 27.5. The number of likely N-dealkylation sites (N-methyl/N-ethyl adjacent to an activating group) is 1. The van der Waals surface area contributed by atoms with Gasteiger partial charge >= 0.3 is 0 Å². The molecule has 1 aromatic heterocycles. The molecule has 0 radical (unpaired) electrons. The number of halogens is 2. The molecule has 172 valence electrons. The summed E-state index contributed by atoms with van der Waals surface area (Å²) in [5, 5.41) is 3.31. The number of aromatic nitrogens is 2. The third kappa shape index (κ3) is 4.54. The molecule has 1 aliphatic rings. The predicted octanol–water partition coefficient (Wildman–Crippen LogP) is 5.96. The summed E-state index contributed by atoms with van der Waals surface area (Å²) >= 11 is 0. The van der Waals surface area contributed by atoms with Gasteiger partial charge in [0.05, 0.1) is 5.69 Å². The maximum atomic E-state index is 14.0. The third-order valence-corrected chi connectivity index (χ3v) is 6.28. The van der Waals surface area contributed by atoms with E-state index < -0.39 is 11.6 Å². The molecule has 0 aliphatic heterocycles. The number of nitrogens with one attached hydrogen (secondary N) is 1. The van der Waals surface area contributed by atoms with Gasteiger partial charge in [-0.25, -0.2) is 18.7 Å². The van der Waals surface area contributed by atoms with Crippen LogP contribution in [0.3, 0.4) is 0 Å². The fourth-order valence-electron chi connectivity index (χ4n) is 4.46. The zero-order valence-electron chi connectivity index (χ0n) is 19.2. The lowest BCUT2D eigenvalue weighted by molar-refractivity contribution is 0.413. The van der Waals surface area contributed by atoms with Crippen molar-refractivity contribution in [3.05, 3.63) is 107 Å². The molecular weight excluding hydrogens is 430 g/mol. The van der Waals surface area contributed by atoms with E-state index in [1.54, 1.807) is 6.07 Å². The van der Waals surface area contributed by atoms with Crippen LogP contribution >= 0.6 is 0 Å². The number of fused-ring (bicyclic) bond motifs is 3. The van der Waals surface area contributed by atoms with E-state index in [0.29, 0.717) is 12.4 Å². The molecule has 34 heavy (non-hydrogen) atoms. The van der Waals surface area contributed by atoms with Gasteiger partial charge in [-0.1, -0.05) is 42.5 Å². The highest BCUT2D eigenvalue weighted by molar-refractivity contribution is 5.73. The Kier molecular flexibility index (Phi) is 6.07. The maximum Gasteiger partial charge on any atom is 0.227 e. The molecule has 0 amide bonds. The Morgan fingerprint density at radius 1 is 0.971 bits per heavy atom. The lowest BCUT2D eigenvalue weighted by Crippen LogP contribution is -2.15. The summed E-state index contributed by atoms with van der Waals surface area (Å²) in [6, 6.07) is 20.5. The minimum Gasteiger partial charge on any atom is -0.324 e. The second kappa shape index (κ2) is 9.31. The molecule has 4 nitrogen and oxygen atoms in total. The van der Waals surface area contributed by atoms with Crippen LogP contribution in [0.15, 0.2) is 72.9 Å². The first-order valence-electron chi connectivity index (χ1n) is 11.4. The Balaban J connectivity index is 1.42. The molecule has 1 aliphatic carbocycles. The number of nitrogens with zero attached hydrogens (tertiary/aromatic N) is 3. The zero-order valence-corrected chi connectivity index (χ0v) is 19.2. The highest BCUT2D eigenvalue weighted by atomic mass is 19.2. The molecule has 3 aromatic carbocycles. The second-order valence-electron chi connectivity index (χ2n) is 8.96. The van der Waals surface area contributed by atoms with Crippen LogP contribution in [-0.4, -0.2) is 35.5 Å². The molecule has 1 N–H and O–H groups in total. The van der Waals surface area contributed by atoms with E-state index in [0.717, 1.165) is 46.6 Å². The van der Waals surface area contributed by atoms with Crippen molar-refractivity contribution >= 4 is 11.6 Å². The van der Waals surface area contributed by atoms with Gasteiger partial charge in [-0.2, -0.15) is 0 Å². The zero-order chi connectivity index (χ0) is 23.7. The van der Waals surface area contributed by atoms with Gasteiger partial charge in [-0.3, -0.25) is 0 Å². The number of hydrogen-bond acceptors (Lipinski definition) is 4. The number of rotatable bonds is 6. The highest BCUT2D eigenvalue weighted by Crippen LogP contribution is 2.42. The average molecular weight is 457 g/mol. The van der Waals surface area contributed by atoms with Crippen LogP contribution in [0.4, 0.5) is 20.4 Å². The average Bonchev–Trinajstić information content (AvgIpc) is 2.85. The van der Waals surface area contributed by atoms with E-state index in [1.807, 2.05) is 42.6 Å². The predicted molar refractivity (Wildman–Crippen MR) is 131 cm³/mol. The summed E-state index contributed by atoms with van der Waals surface area (Å²) in [6.45, 7) is 1.01. The molecule has 4 aromatic rings. The molecule has 0 saturated heterocycles. The summed E-state index contributed by atoms with van der Waals surface area (Å²) in [4.78, 5) is 11.5. The van der Waals surface area contributed by atoms with Crippen molar-refractivity contribution in [2.75, 3.05) is 26.0 Å². The molecule has 0 spiro atoms. The van der Waals surface area contributed by atoms with Gasteiger partial charge in [-0.15, -0.1) is 0 Å². The van der Waals surface area contributed by atoms with Crippen molar-refractivity contribution in [2.24, 2.45) is 0 Å². The van der Waals surface area contributed by atoms with Crippen LogP contribution in [0.5, 0.6) is 0 Å². The van der Waals surface area contributed by atoms with Crippen LogP contribution in [0, 0.1) is 11.6 Å². The van der Waals surface area contributed by atoms with Gasteiger partial charge in [0.2, 0.25) is 5.95 Å². The first kappa shape index (κ1) is 22.2. The smallest absolute Gasteiger partial charge is 0.227 e. The van der Waals surface area contributed by atoms with Crippen molar-refractivity contribution in [2.45, 2.75) is 18.8 Å². The van der Waals surface area contributed by atoms with E-state index in [9.17, 15) is 8.78 Å². The molecule has 0 bridgehead atoms. The Morgan fingerprint density at radius 2 is 1.76 bits per heavy atom. The molecule has 1 heterocycles. The monoisotopic (exact) mass is 456 g/mol. The van der Waals surface area contributed by atoms with Crippen LogP contribution in [0.25, 0.3) is 11.3 Å². The summed E-state index contributed by atoms with van der Waals surface area (Å²) in [6.07, 6.45) is 3.45. The molecule has 5 rings (SSSR count). The van der Waals surface area contributed by atoms with Gasteiger partial charge in [0.15, 0.2) is 11.6 Å². The number of anilines is 2. The summed E-state index contributed by atoms with van der Waals surface area (Å²) in [7, 11) is 4.14. The minimum absolute atomic E-state index is 0.0871. The fourth-order valence-corrected chi connectivity index (χ4v) is 4.46. The molecule has 1 atom stereocenters. The van der Waals surface area contributed by atoms with Gasteiger partial charge in [0, 0.05) is 29.9 Å². The van der Waals surface area contributed by atoms with Crippen molar-refractivity contribution in [1.29, 1.82) is 0 Å². The van der Waals surface area contributed by atoms with Gasteiger partial charge in [-0.05, 0) is 73.5 Å². The van der Waals surface area contributed by atoms with Crippen LogP contribution in [-0.2, 0) is 12.8 Å². The minimum atomic E-state index is -0.835. The van der Waals surface area contributed by atoms with Crippen molar-refractivity contribution in [3.8, 4) is 11.3 Å². The SMILES string of the molecule is CN(C)CCc1ccc(Nc2ncc3c(n2)-c2ccccc2[C@H](c2ccc(F)c(F)c2)C3)cc1. The topological polar surface area (TPSA) is 41.0 Å². The normalized spacial score (nSPS) is 14.6. The van der Waals surface area contributed by atoms with E-state index in [1.165, 1.54) is 17.7 Å². The molecule has 0 saturated carbocycles. The Morgan fingerprint density at radius 3 is 2.53 bits per heavy atom. The van der Waals surface area contributed by atoms with Gasteiger partial charge in [0.1, 0.15) is 0 Å². The van der Waals surface area contributed by atoms with Crippen LogP contribution in [0.1, 0.15) is 28.2 Å². The van der Waals surface area contributed by atoms with E-state index in [2.05, 4.69) is 41.4 Å². The number of hydrogen-bond donors (Lipinski definition) is 1. The molecule has 6 heteroatoms. The molecular formula is C28H26F2N4. The lowest BCUT2D eigenvalue weighted by Gasteiger charge is -2.27. The summed E-state index contributed by atoms with van der Waals surface area (Å²) in [5.74, 6) is -1.22. The van der Waals surface area contributed by atoms with Crippen molar-refractivity contribution in [3.63, 3.8) is 0 Å². The Labute approximate surface area is 198 Å². The van der Waals surface area contributed by atoms with Crippen LogP contribution < -0.4 is 5.32 Å². The second-order valence-corrected chi connectivity index (χ2v) is 8.96. The Bertz CT molecular complexity index is 1320. The van der Waals surface area contributed by atoms with Crippen LogP contribution in [0.2, 0.25) is 0 Å². The van der Waals surface area contributed by atoms with E-state index >= 15 is 0 Å². The first-order chi connectivity index (χ1) is 16.5. The molecule has 0 unspecified atom stereocenters. The molecule has 0 fully saturated rings. The third-order valence-electron chi connectivity index (χ3n) is 6.28. The van der Waals surface area contributed by atoms with Crippen molar-refractivity contribution < 1.29 is 8.78 Å². The Hall–Kier alpha value is -3.64. The quantitative estimate of drug-likeness (QED) is 0.389. The fraction of sp³-hybridized carbons (Fsp3) is 0.214. The van der Waals surface area contributed by atoms with E-state index in [4.69, 9.17) is 4.98 Å².